The Kier molecular flexibility index (Phi) is 6.58. The molecule has 3 N–H and O–H groups in total. The molecule has 1 atom stereocenters. The second-order valence-electron chi connectivity index (χ2n) is 8.44. The standard InChI is InChI=1S/C26H29N5O2/c1-17-11-18(2)31(30-17)16-21-8-6-7-20(12-21)14-28-26(33)25(29-19(3)32)13-22-15-27-24-10-5-4-9-23(22)24/h4-12,15,25,27H,13-14,16H2,1-3H3,(H,28,33)(H,29,32). The van der Waals surface area contributed by atoms with E-state index >= 15 is 0 Å². The van der Waals surface area contributed by atoms with Crippen molar-refractivity contribution in [2.45, 2.75) is 46.3 Å². The van der Waals surface area contributed by atoms with Crippen LogP contribution in [0.3, 0.4) is 0 Å². The van der Waals surface area contributed by atoms with Gasteiger partial charge >= 0.3 is 0 Å². The number of nitrogens with zero attached hydrogens (tertiary/aromatic N) is 2. The van der Waals surface area contributed by atoms with Crippen LogP contribution in [0.5, 0.6) is 0 Å². The van der Waals surface area contributed by atoms with Crippen molar-refractivity contribution in [3.8, 4) is 0 Å². The first kappa shape index (κ1) is 22.3. The lowest BCUT2D eigenvalue weighted by molar-refractivity contribution is -0.128. The van der Waals surface area contributed by atoms with Crippen LogP contribution in [0, 0.1) is 13.8 Å². The quantitative estimate of drug-likeness (QED) is 0.390. The van der Waals surface area contributed by atoms with Crippen LogP contribution in [0.2, 0.25) is 0 Å². The topological polar surface area (TPSA) is 91.8 Å². The molecule has 0 spiro atoms. The highest BCUT2D eigenvalue weighted by Gasteiger charge is 2.21. The third kappa shape index (κ3) is 5.49. The first-order valence-corrected chi connectivity index (χ1v) is 11.1. The molecule has 0 aliphatic heterocycles. The van der Waals surface area contributed by atoms with Crippen molar-refractivity contribution in [1.29, 1.82) is 0 Å². The number of benzene rings is 2. The van der Waals surface area contributed by atoms with Gasteiger partial charge in [-0.1, -0.05) is 42.5 Å². The van der Waals surface area contributed by atoms with Crippen LogP contribution in [-0.4, -0.2) is 32.6 Å². The molecule has 0 bridgehead atoms. The number of para-hydroxylation sites is 1. The highest BCUT2D eigenvalue weighted by Crippen LogP contribution is 2.19. The van der Waals surface area contributed by atoms with E-state index in [1.807, 2.05) is 61.1 Å². The Balaban J connectivity index is 1.43. The normalized spacial score (nSPS) is 12.0. The molecule has 7 heteroatoms. The van der Waals surface area contributed by atoms with Crippen molar-refractivity contribution in [1.82, 2.24) is 25.4 Å². The van der Waals surface area contributed by atoms with E-state index in [2.05, 4.69) is 38.9 Å². The van der Waals surface area contributed by atoms with E-state index in [0.29, 0.717) is 19.5 Å². The van der Waals surface area contributed by atoms with E-state index in [-0.39, 0.29) is 11.8 Å². The molecule has 0 aliphatic carbocycles. The highest BCUT2D eigenvalue weighted by molar-refractivity contribution is 5.89. The molecule has 170 valence electrons. The van der Waals surface area contributed by atoms with Gasteiger partial charge in [0.05, 0.1) is 12.2 Å². The molecular weight excluding hydrogens is 414 g/mol. The van der Waals surface area contributed by atoms with E-state index in [0.717, 1.165) is 39.0 Å². The van der Waals surface area contributed by atoms with E-state index in [1.165, 1.54) is 6.92 Å². The number of carbonyl (C=O) groups excluding carboxylic acids is 2. The van der Waals surface area contributed by atoms with Gasteiger partial charge in [-0.3, -0.25) is 14.3 Å². The van der Waals surface area contributed by atoms with Gasteiger partial charge in [0.25, 0.3) is 0 Å². The van der Waals surface area contributed by atoms with E-state index < -0.39 is 6.04 Å². The number of carbonyl (C=O) groups is 2. The van der Waals surface area contributed by atoms with Crippen molar-refractivity contribution in [2.24, 2.45) is 0 Å². The van der Waals surface area contributed by atoms with E-state index in [1.54, 1.807) is 0 Å². The Hall–Kier alpha value is -3.87. The molecule has 0 fully saturated rings. The number of aryl methyl sites for hydroxylation is 2. The molecule has 2 aromatic carbocycles. The van der Waals surface area contributed by atoms with Gasteiger partial charge in [-0.25, -0.2) is 0 Å². The number of fused-ring (bicyclic) bond motifs is 1. The Morgan fingerprint density at radius 2 is 1.85 bits per heavy atom. The van der Waals surface area contributed by atoms with Gasteiger partial charge < -0.3 is 15.6 Å². The van der Waals surface area contributed by atoms with Crippen LogP contribution in [0.1, 0.15) is 35.0 Å². The number of aromatic amines is 1. The van der Waals surface area contributed by atoms with Gasteiger partial charge in [-0.2, -0.15) is 5.10 Å². The summed E-state index contributed by atoms with van der Waals surface area (Å²) in [5.74, 6) is -0.443. The molecule has 0 radical (unpaired) electrons. The van der Waals surface area contributed by atoms with Crippen molar-refractivity contribution in [2.75, 3.05) is 0 Å². The van der Waals surface area contributed by atoms with E-state index in [4.69, 9.17) is 0 Å². The molecule has 7 nitrogen and oxygen atoms in total. The molecule has 0 saturated heterocycles. The lowest BCUT2D eigenvalue weighted by Gasteiger charge is -2.18. The minimum Gasteiger partial charge on any atom is -0.361 e. The number of amides is 2. The summed E-state index contributed by atoms with van der Waals surface area (Å²) in [7, 11) is 0. The molecule has 2 heterocycles. The summed E-state index contributed by atoms with van der Waals surface area (Å²) in [6.45, 7) is 6.51. The molecule has 2 amide bonds. The number of H-pyrrole nitrogens is 1. The monoisotopic (exact) mass is 443 g/mol. The maximum absolute atomic E-state index is 13.0. The van der Waals surface area contributed by atoms with Gasteiger partial charge in [0.15, 0.2) is 0 Å². The first-order valence-electron chi connectivity index (χ1n) is 11.1. The molecule has 1 unspecified atom stereocenters. The lowest BCUT2D eigenvalue weighted by atomic mass is 10.0. The second-order valence-corrected chi connectivity index (χ2v) is 8.44. The fourth-order valence-electron chi connectivity index (χ4n) is 4.13. The average Bonchev–Trinajstić information content (AvgIpc) is 3.33. The smallest absolute Gasteiger partial charge is 0.243 e. The summed E-state index contributed by atoms with van der Waals surface area (Å²) in [5, 5.41) is 11.4. The molecule has 4 aromatic rings. The largest absolute Gasteiger partial charge is 0.361 e. The van der Waals surface area contributed by atoms with Gasteiger partial charge in [-0.15, -0.1) is 0 Å². The van der Waals surface area contributed by atoms with Gasteiger partial charge in [0.1, 0.15) is 6.04 Å². The Morgan fingerprint density at radius 3 is 2.61 bits per heavy atom. The van der Waals surface area contributed by atoms with Crippen molar-refractivity contribution in [3.05, 3.63) is 88.9 Å². The summed E-state index contributed by atoms with van der Waals surface area (Å²) in [6.07, 6.45) is 2.31. The second kappa shape index (κ2) is 9.73. The molecule has 4 rings (SSSR count). The fraction of sp³-hybridized carbons (Fsp3) is 0.269. The van der Waals surface area contributed by atoms with Crippen LogP contribution in [0.4, 0.5) is 0 Å². The minimum atomic E-state index is -0.653. The van der Waals surface area contributed by atoms with Gasteiger partial charge in [0, 0.05) is 42.7 Å². The van der Waals surface area contributed by atoms with Crippen LogP contribution < -0.4 is 10.6 Å². The van der Waals surface area contributed by atoms with Crippen molar-refractivity contribution in [3.63, 3.8) is 0 Å². The summed E-state index contributed by atoms with van der Waals surface area (Å²) < 4.78 is 1.97. The highest BCUT2D eigenvalue weighted by atomic mass is 16.2. The number of hydrogen-bond acceptors (Lipinski definition) is 3. The molecule has 0 aliphatic rings. The minimum absolute atomic E-state index is 0.209. The third-order valence-electron chi connectivity index (χ3n) is 5.69. The summed E-state index contributed by atoms with van der Waals surface area (Å²) >= 11 is 0. The lowest BCUT2D eigenvalue weighted by Crippen LogP contribution is -2.47. The Bertz CT molecular complexity index is 1290. The molecule has 2 aromatic heterocycles. The molecular formula is C26H29N5O2. The summed E-state index contributed by atoms with van der Waals surface area (Å²) in [6, 6.07) is 17.4. The Labute approximate surface area is 193 Å². The van der Waals surface area contributed by atoms with Crippen LogP contribution >= 0.6 is 0 Å². The van der Waals surface area contributed by atoms with Crippen LogP contribution in [0.15, 0.2) is 60.8 Å². The zero-order chi connectivity index (χ0) is 23.4. The average molecular weight is 444 g/mol. The van der Waals surface area contributed by atoms with E-state index in [9.17, 15) is 9.59 Å². The summed E-state index contributed by atoms with van der Waals surface area (Å²) in [5.41, 5.74) is 6.22. The van der Waals surface area contributed by atoms with Crippen LogP contribution in [-0.2, 0) is 29.1 Å². The predicted molar refractivity (Wildman–Crippen MR) is 129 cm³/mol. The summed E-state index contributed by atoms with van der Waals surface area (Å²) in [4.78, 5) is 28.0. The maximum atomic E-state index is 13.0. The first-order chi connectivity index (χ1) is 15.9. The third-order valence-corrected chi connectivity index (χ3v) is 5.69. The SMILES string of the molecule is CC(=O)NC(Cc1c[nH]c2ccccc12)C(=O)NCc1cccc(Cn2nc(C)cc2C)c1. The van der Waals surface area contributed by atoms with Crippen molar-refractivity contribution >= 4 is 22.7 Å². The van der Waals surface area contributed by atoms with Gasteiger partial charge in [0.2, 0.25) is 11.8 Å². The molecule has 0 saturated carbocycles. The Morgan fingerprint density at radius 1 is 1.06 bits per heavy atom. The number of hydrogen-bond donors (Lipinski definition) is 3. The predicted octanol–water partition coefficient (Wildman–Crippen LogP) is 3.39. The zero-order valence-corrected chi connectivity index (χ0v) is 19.2. The number of aromatic nitrogens is 3. The molecule has 33 heavy (non-hydrogen) atoms. The number of rotatable bonds is 8. The maximum Gasteiger partial charge on any atom is 0.243 e. The van der Waals surface area contributed by atoms with Gasteiger partial charge in [-0.05, 0) is 42.7 Å². The number of nitrogens with one attached hydrogen (secondary N) is 3. The van der Waals surface area contributed by atoms with Crippen LogP contribution in [0.25, 0.3) is 10.9 Å². The zero-order valence-electron chi connectivity index (χ0n) is 19.2. The van der Waals surface area contributed by atoms with Crippen molar-refractivity contribution < 1.29 is 9.59 Å². The fourth-order valence-corrected chi connectivity index (χ4v) is 4.13.